The summed E-state index contributed by atoms with van der Waals surface area (Å²) in [5.74, 6) is 0.753. The molecule has 15 heavy (non-hydrogen) atoms. The first kappa shape index (κ1) is 9.37. The van der Waals surface area contributed by atoms with Crippen LogP contribution in [0.3, 0.4) is 0 Å². The summed E-state index contributed by atoms with van der Waals surface area (Å²) in [7, 11) is 0. The Balaban J connectivity index is 1.52. The smallest absolute Gasteiger partial charge is 0.0145 e. The van der Waals surface area contributed by atoms with Gasteiger partial charge in [-0.2, -0.15) is 0 Å². The van der Waals surface area contributed by atoms with Crippen LogP contribution in [-0.4, -0.2) is 18.1 Å². The van der Waals surface area contributed by atoms with Gasteiger partial charge in [0.1, 0.15) is 0 Å². The van der Waals surface area contributed by atoms with Crippen LogP contribution in [0.1, 0.15) is 30.7 Å². The van der Waals surface area contributed by atoms with Crippen LogP contribution in [0.2, 0.25) is 0 Å². The van der Waals surface area contributed by atoms with Crippen molar-refractivity contribution in [1.29, 1.82) is 0 Å². The maximum Gasteiger partial charge on any atom is 0.0145 e. The van der Waals surface area contributed by atoms with Gasteiger partial charge in [0.15, 0.2) is 0 Å². The standard InChI is InChI=1S/C13H18N2/c14-10-6-11(7-10)15-13-8-12(13)9-4-2-1-3-5-9/h1-5,10-13,15H,6-8,14H2/t10?,11?,12-,13?/m1/s1. The average molecular weight is 202 g/mol. The Bertz CT molecular complexity index is 330. The summed E-state index contributed by atoms with van der Waals surface area (Å²) in [5, 5.41) is 3.69. The topological polar surface area (TPSA) is 38.0 Å². The Morgan fingerprint density at radius 3 is 2.47 bits per heavy atom. The van der Waals surface area contributed by atoms with Gasteiger partial charge in [-0.25, -0.2) is 0 Å². The van der Waals surface area contributed by atoms with Crippen LogP contribution in [0.5, 0.6) is 0 Å². The molecule has 0 spiro atoms. The number of hydrogen-bond donors (Lipinski definition) is 2. The Hall–Kier alpha value is -0.860. The molecule has 1 aromatic carbocycles. The van der Waals surface area contributed by atoms with E-state index in [0.717, 1.165) is 18.8 Å². The quantitative estimate of drug-likeness (QED) is 0.781. The van der Waals surface area contributed by atoms with E-state index in [1.165, 1.54) is 12.0 Å². The van der Waals surface area contributed by atoms with Gasteiger partial charge in [0.25, 0.3) is 0 Å². The first-order valence-electron chi connectivity index (χ1n) is 5.89. The minimum absolute atomic E-state index is 0.455. The molecule has 0 saturated heterocycles. The fraction of sp³-hybridized carbons (Fsp3) is 0.538. The minimum Gasteiger partial charge on any atom is -0.328 e. The zero-order chi connectivity index (χ0) is 10.3. The van der Waals surface area contributed by atoms with Crippen molar-refractivity contribution in [3.8, 4) is 0 Å². The molecule has 0 bridgehead atoms. The molecule has 2 fully saturated rings. The third-order valence-electron chi connectivity index (χ3n) is 3.64. The van der Waals surface area contributed by atoms with E-state index in [1.807, 2.05) is 0 Å². The van der Waals surface area contributed by atoms with Crippen LogP contribution in [0.4, 0.5) is 0 Å². The van der Waals surface area contributed by atoms with Crippen LogP contribution in [0, 0.1) is 0 Å². The molecule has 2 aliphatic carbocycles. The van der Waals surface area contributed by atoms with Gasteiger partial charge in [-0.05, 0) is 24.8 Å². The molecule has 2 aliphatic rings. The number of benzene rings is 1. The summed E-state index contributed by atoms with van der Waals surface area (Å²) in [5.41, 5.74) is 7.26. The highest BCUT2D eigenvalue weighted by atomic mass is 15.0. The molecule has 0 aliphatic heterocycles. The third kappa shape index (κ3) is 1.92. The van der Waals surface area contributed by atoms with E-state index in [1.54, 1.807) is 0 Å². The lowest BCUT2D eigenvalue weighted by atomic mass is 9.87. The number of nitrogens with two attached hydrogens (primary N) is 1. The first-order valence-corrected chi connectivity index (χ1v) is 5.89. The van der Waals surface area contributed by atoms with E-state index >= 15 is 0 Å². The molecule has 0 amide bonds. The molecule has 1 unspecified atom stereocenters. The Morgan fingerprint density at radius 1 is 1.07 bits per heavy atom. The Labute approximate surface area is 90.9 Å². The van der Waals surface area contributed by atoms with E-state index in [4.69, 9.17) is 5.73 Å². The molecule has 2 saturated carbocycles. The molecule has 0 radical (unpaired) electrons. The maximum atomic E-state index is 5.77. The first-order chi connectivity index (χ1) is 7.33. The van der Waals surface area contributed by atoms with Crippen molar-refractivity contribution in [2.24, 2.45) is 5.73 Å². The SMILES string of the molecule is NC1CC(NC2C[C@@H]2c2ccccc2)C1. The van der Waals surface area contributed by atoms with Crippen molar-refractivity contribution >= 4 is 0 Å². The Kier molecular flexibility index (Phi) is 2.26. The van der Waals surface area contributed by atoms with Gasteiger partial charge in [-0.1, -0.05) is 30.3 Å². The molecule has 0 aromatic heterocycles. The zero-order valence-corrected chi connectivity index (χ0v) is 8.89. The highest BCUT2D eigenvalue weighted by molar-refractivity contribution is 5.27. The molecule has 3 rings (SSSR count). The molecule has 3 N–H and O–H groups in total. The minimum atomic E-state index is 0.455. The number of hydrogen-bond acceptors (Lipinski definition) is 2. The van der Waals surface area contributed by atoms with Crippen molar-refractivity contribution in [2.45, 2.75) is 43.3 Å². The van der Waals surface area contributed by atoms with Gasteiger partial charge in [-0.15, -0.1) is 0 Å². The van der Waals surface area contributed by atoms with Crippen molar-refractivity contribution < 1.29 is 0 Å². The summed E-state index contributed by atoms with van der Waals surface area (Å²) < 4.78 is 0. The van der Waals surface area contributed by atoms with Crippen molar-refractivity contribution in [3.63, 3.8) is 0 Å². The monoisotopic (exact) mass is 202 g/mol. The van der Waals surface area contributed by atoms with E-state index in [2.05, 4.69) is 35.6 Å². The summed E-state index contributed by atoms with van der Waals surface area (Å²) in [6, 6.07) is 12.7. The second-order valence-corrected chi connectivity index (χ2v) is 4.95. The maximum absolute atomic E-state index is 5.77. The fourth-order valence-electron chi connectivity index (χ4n) is 2.55. The molecule has 0 heterocycles. The van der Waals surface area contributed by atoms with E-state index < -0.39 is 0 Å². The van der Waals surface area contributed by atoms with Crippen LogP contribution >= 0.6 is 0 Å². The Morgan fingerprint density at radius 2 is 1.80 bits per heavy atom. The van der Waals surface area contributed by atoms with Gasteiger partial charge in [0, 0.05) is 24.0 Å². The number of rotatable bonds is 3. The molecular formula is C13H18N2. The van der Waals surface area contributed by atoms with Gasteiger partial charge in [-0.3, -0.25) is 0 Å². The molecule has 1 aromatic rings. The summed E-state index contributed by atoms with van der Waals surface area (Å²) in [4.78, 5) is 0. The van der Waals surface area contributed by atoms with E-state index in [0.29, 0.717) is 18.1 Å². The second kappa shape index (κ2) is 3.62. The summed E-state index contributed by atoms with van der Waals surface area (Å²) >= 11 is 0. The lowest BCUT2D eigenvalue weighted by Gasteiger charge is -2.33. The van der Waals surface area contributed by atoms with Crippen molar-refractivity contribution in [2.75, 3.05) is 0 Å². The molecule has 80 valence electrons. The predicted molar refractivity (Wildman–Crippen MR) is 61.7 cm³/mol. The zero-order valence-electron chi connectivity index (χ0n) is 8.89. The van der Waals surface area contributed by atoms with Crippen LogP contribution in [0.15, 0.2) is 30.3 Å². The molecule has 2 atom stereocenters. The highest BCUT2D eigenvalue weighted by Crippen LogP contribution is 2.41. The molecule has 2 nitrogen and oxygen atoms in total. The van der Waals surface area contributed by atoms with Crippen LogP contribution in [0.25, 0.3) is 0 Å². The lowest BCUT2D eigenvalue weighted by Crippen LogP contribution is -2.49. The van der Waals surface area contributed by atoms with E-state index in [-0.39, 0.29) is 0 Å². The van der Waals surface area contributed by atoms with Crippen molar-refractivity contribution in [1.82, 2.24) is 5.32 Å². The predicted octanol–water partition coefficient (Wildman–Crippen LogP) is 1.62. The van der Waals surface area contributed by atoms with Gasteiger partial charge in [0.05, 0.1) is 0 Å². The van der Waals surface area contributed by atoms with Crippen molar-refractivity contribution in [3.05, 3.63) is 35.9 Å². The van der Waals surface area contributed by atoms with Gasteiger partial charge >= 0.3 is 0 Å². The average Bonchev–Trinajstić information content (AvgIpc) is 2.96. The van der Waals surface area contributed by atoms with Gasteiger partial charge in [0.2, 0.25) is 0 Å². The van der Waals surface area contributed by atoms with E-state index in [9.17, 15) is 0 Å². The van der Waals surface area contributed by atoms with Crippen LogP contribution < -0.4 is 11.1 Å². The van der Waals surface area contributed by atoms with Crippen LogP contribution in [-0.2, 0) is 0 Å². The second-order valence-electron chi connectivity index (χ2n) is 4.95. The molecule has 2 heteroatoms. The number of nitrogens with one attached hydrogen (secondary N) is 1. The summed E-state index contributed by atoms with van der Waals surface area (Å²) in [6.45, 7) is 0. The largest absolute Gasteiger partial charge is 0.328 e. The fourth-order valence-corrected chi connectivity index (χ4v) is 2.55. The third-order valence-corrected chi connectivity index (χ3v) is 3.64. The molecular weight excluding hydrogens is 184 g/mol. The summed E-state index contributed by atoms with van der Waals surface area (Å²) in [6.07, 6.45) is 3.63. The normalized spacial score (nSPS) is 38.5. The lowest BCUT2D eigenvalue weighted by molar-refractivity contribution is 0.289. The van der Waals surface area contributed by atoms with Gasteiger partial charge < -0.3 is 11.1 Å². The highest BCUT2D eigenvalue weighted by Gasteiger charge is 2.41.